The molecule has 3 fully saturated rings. The van der Waals surface area contributed by atoms with Crippen LogP contribution in [0.15, 0.2) is 23.3 Å². The first-order valence-electron chi connectivity index (χ1n) is 13.4. The molecule has 0 amide bonds. The van der Waals surface area contributed by atoms with Crippen molar-refractivity contribution in [2.45, 2.75) is 105 Å². The number of aliphatic hydroxyl groups excluding tert-OH is 2. The minimum atomic E-state index is -0.0999. The van der Waals surface area contributed by atoms with Crippen molar-refractivity contribution in [3.8, 4) is 0 Å². The third-order valence-electron chi connectivity index (χ3n) is 10.8. The van der Waals surface area contributed by atoms with Gasteiger partial charge in [-0.15, -0.1) is 0 Å². The molecule has 4 aliphatic carbocycles. The minimum absolute atomic E-state index is 0.0999. The largest absolute Gasteiger partial charge is 0.393 e. The molecular weight excluding hydrogens is 380 g/mol. The standard InChI is InChI=1S/C29H48O2/c1-19(2)21(14-17-30)7-6-20(3)25-10-11-26-24-9-8-22-18-23(31)12-15-28(22,4)27(24)13-16-29(25,26)5/h8,14,19-20,23-27,30-31H,6-7,9-13,15-18H2,1-5H3/b21-14+/t20-,23+,24+,25-,26+,27+,28+,29-/m1/s1. The number of allylic oxidation sites excluding steroid dienone is 2. The van der Waals surface area contributed by atoms with Gasteiger partial charge in [-0.3, -0.25) is 0 Å². The lowest BCUT2D eigenvalue weighted by molar-refractivity contribution is -0.0571. The highest BCUT2D eigenvalue weighted by atomic mass is 16.3. The monoisotopic (exact) mass is 428 g/mol. The van der Waals surface area contributed by atoms with Crippen LogP contribution < -0.4 is 0 Å². The van der Waals surface area contributed by atoms with Gasteiger partial charge < -0.3 is 10.2 Å². The van der Waals surface area contributed by atoms with E-state index in [0.29, 0.717) is 16.7 Å². The lowest BCUT2D eigenvalue weighted by Gasteiger charge is -2.58. The molecule has 176 valence electrons. The molecule has 0 bridgehead atoms. The summed E-state index contributed by atoms with van der Waals surface area (Å²) in [5, 5.41) is 19.6. The van der Waals surface area contributed by atoms with Crippen molar-refractivity contribution in [2.75, 3.05) is 6.61 Å². The molecule has 0 heterocycles. The molecule has 4 aliphatic rings. The minimum Gasteiger partial charge on any atom is -0.393 e. The van der Waals surface area contributed by atoms with E-state index in [0.717, 1.165) is 48.9 Å². The van der Waals surface area contributed by atoms with Crippen molar-refractivity contribution < 1.29 is 10.2 Å². The van der Waals surface area contributed by atoms with Gasteiger partial charge in [0.15, 0.2) is 0 Å². The summed E-state index contributed by atoms with van der Waals surface area (Å²) in [5.41, 5.74) is 3.90. The van der Waals surface area contributed by atoms with E-state index in [9.17, 15) is 10.2 Å². The second-order valence-corrected chi connectivity index (χ2v) is 12.5. The quantitative estimate of drug-likeness (QED) is 0.451. The van der Waals surface area contributed by atoms with E-state index in [4.69, 9.17) is 0 Å². The fourth-order valence-electron chi connectivity index (χ4n) is 8.96. The molecule has 2 heteroatoms. The van der Waals surface area contributed by atoms with E-state index in [-0.39, 0.29) is 12.7 Å². The molecule has 0 aromatic heterocycles. The average molecular weight is 429 g/mol. The van der Waals surface area contributed by atoms with Crippen LogP contribution in [0.2, 0.25) is 0 Å². The van der Waals surface area contributed by atoms with Crippen LogP contribution in [0.3, 0.4) is 0 Å². The molecule has 4 rings (SSSR count). The Morgan fingerprint density at radius 2 is 1.87 bits per heavy atom. The van der Waals surface area contributed by atoms with Gasteiger partial charge in [0, 0.05) is 0 Å². The number of fused-ring (bicyclic) bond motifs is 5. The maximum Gasteiger partial charge on any atom is 0.0615 e. The lowest BCUT2D eigenvalue weighted by Crippen LogP contribution is -2.50. The van der Waals surface area contributed by atoms with E-state index in [2.05, 4.69) is 46.8 Å². The number of hydrogen-bond donors (Lipinski definition) is 2. The maximum atomic E-state index is 10.2. The first kappa shape index (κ1) is 23.6. The van der Waals surface area contributed by atoms with E-state index in [1.54, 1.807) is 5.57 Å². The Bertz CT molecular complexity index is 706. The SMILES string of the molecule is CC(C)/C(=C/CO)CC[C@@H](C)[C@H]1CC[C@H]2[C@@H]3CC=C4C[C@@H](O)CC[C@]4(C)[C@H]3CC[C@]12C. The lowest BCUT2D eigenvalue weighted by atomic mass is 9.47. The van der Waals surface area contributed by atoms with Crippen LogP contribution in [-0.4, -0.2) is 22.9 Å². The normalized spacial score (nSPS) is 43.8. The average Bonchev–Trinajstić information content (AvgIpc) is 3.08. The molecule has 0 unspecified atom stereocenters. The summed E-state index contributed by atoms with van der Waals surface area (Å²) in [6.07, 6.45) is 17.0. The Hall–Kier alpha value is -0.600. The molecule has 31 heavy (non-hydrogen) atoms. The molecule has 0 saturated heterocycles. The second kappa shape index (κ2) is 8.98. The molecule has 2 nitrogen and oxygen atoms in total. The Kier molecular flexibility index (Phi) is 6.82. The Balaban J connectivity index is 1.47. The van der Waals surface area contributed by atoms with Crippen molar-refractivity contribution in [1.82, 2.24) is 0 Å². The molecule has 0 spiro atoms. The van der Waals surface area contributed by atoms with Gasteiger partial charge in [0.25, 0.3) is 0 Å². The van der Waals surface area contributed by atoms with Crippen LogP contribution in [0.4, 0.5) is 0 Å². The van der Waals surface area contributed by atoms with Crippen molar-refractivity contribution in [2.24, 2.45) is 46.3 Å². The molecule has 0 radical (unpaired) electrons. The highest BCUT2D eigenvalue weighted by Gasteiger charge is 2.59. The summed E-state index contributed by atoms with van der Waals surface area (Å²) in [5.74, 6) is 4.75. The van der Waals surface area contributed by atoms with Crippen LogP contribution in [0.5, 0.6) is 0 Å². The number of aliphatic hydroxyl groups is 2. The summed E-state index contributed by atoms with van der Waals surface area (Å²) in [6, 6.07) is 0. The Labute approximate surface area is 191 Å². The van der Waals surface area contributed by atoms with Gasteiger partial charge in [-0.1, -0.05) is 57.9 Å². The highest BCUT2D eigenvalue weighted by molar-refractivity contribution is 5.25. The third kappa shape index (κ3) is 4.10. The first-order chi connectivity index (χ1) is 14.7. The van der Waals surface area contributed by atoms with Gasteiger partial charge in [-0.25, -0.2) is 0 Å². The second-order valence-electron chi connectivity index (χ2n) is 12.5. The van der Waals surface area contributed by atoms with Crippen LogP contribution in [-0.2, 0) is 0 Å². The smallest absolute Gasteiger partial charge is 0.0615 e. The molecular formula is C29H48O2. The van der Waals surface area contributed by atoms with Gasteiger partial charge in [-0.2, -0.15) is 0 Å². The van der Waals surface area contributed by atoms with Gasteiger partial charge in [0.1, 0.15) is 0 Å². The highest BCUT2D eigenvalue weighted by Crippen LogP contribution is 2.67. The summed E-state index contributed by atoms with van der Waals surface area (Å²) in [4.78, 5) is 0. The number of hydrogen-bond acceptors (Lipinski definition) is 2. The molecule has 0 aromatic carbocycles. The Morgan fingerprint density at radius 3 is 2.58 bits per heavy atom. The summed E-state index contributed by atoms with van der Waals surface area (Å²) < 4.78 is 0. The van der Waals surface area contributed by atoms with Crippen molar-refractivity contribution in [1.29, 1.82) is 0 Å². The first-order valence-corrected chi connectivity index (χ1v) is 13.4. The van der Waals surface area contributed by atoms with Gasteiger partial charge >= 0.3 is 0 Å². The van der Waals surface area contributed by atoms with E-state index in [1.165, 1.54) is 50.5 Å². The van der Waals surface area contributed by atoms with Gasteiger partial charge in [0.05, 0.1) is 12.7 Å². The molecule has 2 N–H and O–H groups in total. The zero-order valence-corrected chi connectivity index (χ0v) is 20.9. The van der Waals surface area contributed by atoms with E-state index < -0.39 is 0 Å². The van der Waals surface area contributed by atoms with Crippen LogP contribution in [0.1, 0.15) is 98.8 Å². The van der Waals surface area contributed by atoms with Crippen molar-refractivity contribution in [3.63, 3.8) is 0 Å². The van der Waals surface area contributed by atoms with Gasteiger partial charge in [0.2, 0.25) is 0 Å². The van der Waals surface area contributed by atoms with Crippen LogP contribution in [0, 0.1) is 46.3 Å². The molecule has 8 atom stereocenters. The summed E-state index contributed by atoms with van der Waals surface area (Å²) in [6.45, 7) is 12.4. The zero-order chi connectivity index (χ0) is 22.4. The molecule has 0 aliphatic heterocycles. The Morgan fingerprint density at radius 1 is 1.10 bits per heavy atom. The summed E-state index contributed by atoms with van der Waals surface area (Å²) >= 11 is 0. The van der Waals surface area contributed by atoms with Crippen LogP contribution in [0.25, 0.3) is 0 Å². The van der Waals surface area contributed by atoms with Gasteiger partial charge in [-0.05, 0) is 111 Å². The van der Waals surface area contributed by atoms with Crippen LogP contribution >= 0.6 is 0 Å². The third-order valence-corrected chi connectivity index (χ3v) is 10.8. The zero-order valence-electron chi connectivity index (χ0n) is 20.9. The predicted octanol–water partition coefficient (Wildman–Crippen LogP) is 6.92. The molecule has 0 aromatic rings. The van der Waals surface area contributed by atoms with E-state index >= 15 is 0 Å². The van der Waals surface area contributed by atoms with E-state index in [1.807, 2.05) is 0 Å². The fourth-order valence-corrected chi connectivity index (χ4v) is 8.96. The summed E-state index contributed by atoms with van der Waals surface area (Å²) in [7, 11) is 0. The fraction of sp³-hybridized carbons (Fsp3) is 0.862. The topological polar surface area (TPSA) is 40.5 Å². The number of rotatable bonds is 6. The molecule has 3 saturated carbocycles. The predicted molar refractivity (Wildman–Crippen MR) is 130 cm³/mol. The van der Waals surface area contributed by atoms with Crippen molar-refractivity contribution in [3.05, 3.63) is 23.3 Å². The van der Waals surface area contributed by atoms with Crippen molar-refractivity contribution >= 4 is 0 Å². The maximum absolute atomic E-state index is 10.2.